The van der Waals surface area contributed by atoms with Crippen molar-refractivity contribution in [2.45, 2.75) is 71.1 Å². The molecule has 0 amide bonds. The molecule has 2 rings (SSSR count). The van der Waals surface area contributed by atoms with E-state index in [4.69, 9.17) is 4.74 Å². The lowest BCUT2D eigenvalue weighted by atomic mass is 10.0. The molecule has 1 aromatic rings. The second-order valence-corrected chi connectivity index (χ2v) is 6.11. The first-order chi connectivity index (χ1) is 9.69. The van der Waals surface area contributed by atoms with Crippen LogP contribution in [0, 0.1) is 0 Å². The summed E-state index contributed by atoms with van der Waals surface area (Å²) in [6.07, 6.45) is 8.23. The van der Waals surface area contributed by atoms with Gasteiger partial charge in [-0.3, -0.25) is 4.68 Å². The lowest BCUT2D eigenvalue weighted by Crippen LogP contribution is -2.35. The Morgan fingerprint density at radius 3 is 2.95 bits per heavy atom. The van der Waals surface area contributed by atoms with Gasteiger partial charge in [0.05, 0.1) is 11.8 Å². The van der Waals surface area contributed by atoms with Crippen molar-refractivity contribution in [3.05, 3.63) is 18.0 Å². The molecule has 0 saturated carbocycles. The summed E-state index contributed by atoms with van der Waals surface area (Å²) in [5, 5.41) is 8.32. The molecule has 114 valence electrons. The average Bonchev–Trinajstić information content (AvgIpc) is 3.07. The van der Waals surface area contributed by atoms with Crippen LogP contribution in [0.4, 0.5) is 0 Å². The van der Waals surface area contributed by atoms with Crippen molar-refractivity contribution in [3.8, 4) is 0 Å². The quantitative estimate of drug-likeness (QED) is 0.795. The Balaban J connectivity index is 1.90. The van der Waals surface area contributed by atoms with Crippen molar-refractivity contribution in [2.24, 2.45) is 0 Å². The number of hydrogen-bond acceptors (Lipinski definition) is 3. The van der Waals surface area contributed by atoms with Gasteiger partial charge in [-0.05, 0) is 52.1 Å². The number of nitrogens with zero attached hydrogens (tertiary/aromatic N) is 2. The molecule has 0 spiro atoms. The normalized spacial score (nSPS) is 20.7. The molecule has 0 bridgehead atoms. The van der Waals surface area contributed by atoms with Gasteiger partial charge in [-0.15, -0.1) is 0 Å². The molecule has 1 N–H and O–H groups in total. The molecule has 4 heteroatoms. The van der Waals surface area contributed by atoms with Gasteiger partial charge < -0.3 is 10.1 Å². The van der Waals surface area contributed by atoms with Gasteiger partial charge in [-0.2, -0.15) is 5.10 Å². The minimum atomic E-state index is 0.434. The van der Waals surface area contributed by atoms with Crippen molar-refractivity contribution >= 4 is 0 Å². The first-order valence-corrected chi connectivity index (χ1v) is 8.08. The molecule has 1 saturated heterocycles. The van der Waals surface area contributed by atoms with Crippen molar-refractivity contribution in [1.29, 1.82) is 0 Å². The molecule has 4 nitrogen and oxygen atoms in total. The summed E-state index contributed by atoms with van der Waals surface area (Å²) in [6, 6.07) is 3.06. The summed E-state index contributed by atoms with van der Waals surface area (Å²) < 4.78 is 7.82. The molecule has 0 radical (unpaired) electrons. The fraction of sp³-hybridized carbons (Fsp3) is 0.812. The Kier molecular flexibility index (Phi) is 6.05. The van der Waals surface area contributed by atoms with E-state index >= 15 is 0 Å². The van der Waals surface area contributed by atoms with Gasteiger partial charge in [-0.25, -0.2) is 0 Å². The lowest BCUT2D eigenvalue weighted by molar-refractivity contribution is 0.0944. The van der Waals surface area contributed by atoms with Crippen molar-refractivity contribution in [3.63, 3.8) is 0 Å². The Labute approximate surface area is 122 Å². The first-order valence-electron chi connectivity index (χ1n) is 8.08. The van der Waals surface area contributed by atoms with E-state index in [0.29, 0.717) is 18.2 Å². The minimum Gasteiger partial charge on any atom is -0.378 e. The van der Waals surface area contributed by atoms with Gasteiger partial charge in [0.25, 0.3) is 0 Å². The van der Waals surface area contributed by atoms with Gasteiger partial charge in [0.2, 0.25) is 0 Å². The molecule has 1 aromatic heterocycles. The maximum absolute atomic E-state index is 5.78. The molecule has 0 aliphatic carbocycles. The van der Waals surface area contributed by atoms with E-state index in [0.717, 1.165) is 26.0 Å². The van der Waals surface area contributed by atoms with Crippen LogP contribution < -0.4 is 5.32 Å². The SMILES string of the molecule is CCCNC(Cc1ccn(C(C)C)n1)CC1CCCO1. The van der Waals surface area contributed by atoms with Crippen molar-refractivity contribution in [2.75, 3.05) is 13.2 Å². The zero-order valence-corrected chi connectivity index (χ0v) is 13.1. The Morgan fingerprint density at radius 1 is 1.50 bits per heavy atom. The number of ether oxygens (including phenoxy) is 1. The topological polar surface area (TPSA) is 39.1 Å². The molecule has 2 atom stereocenters. The van der Waals surface area contributed by atoms with Gasteiger partial charge in [0.15, 0.2) is 0 Å². The lowest BCUT2D eigenvalue weighted by Gasteiger charge is -2.21. The molecule has 1 aliphatic rings. The highest BCUT2D eigenvalue weighted by atomic mass is 16.5. The van der Waals surface area contributed by atoms with E-state index in [-0.39, 0.29) is 0 Å². The average molecular weight is 279 g/mol. The summed E-state index contributed by atoms with van der Waals surface area (Å²) in [5.41, 5.74) is 1.19. The highest BCUT2D eigenvalue weighted by Gasteiger charge is 2.21. The van der Waals surface area contributed by atoms with Crippen LogP contribution in [0.3, 0.4) is 0 Å². The van der Waals surface area contributed by atoms with Crippen LogP contribution >= 0.6 is 0 Å². The Morgan fingerprint density at radius 2 is 2.35 bits per heavy atom. The van der Waals surface area contributed by atoms with Crippen LogP contribution in [-0.4, -0.2) is 35.1 Å². The van der Waals surface area contributed by atoms with Crippen LogP contribution in [0.15, 0.2) is 12.3 Å². The van der Waals surface area contributed by atoms with E-state index in [1.54, 1.807) is 0 Å². The van der Waals surface area contributed by atoms with Gasteiger partial charge in [0, 0.05) is 31.3 Å². The predicted molar refractivity (Wildman–Crippen MR) is 82.0 cm³/mol. The third kappa shape index (κ3) is 4.60. The molecule has 20 heavy (non-hydrogen) atoms. The second-order valence-electron chi connectivity index (χ2n) is 6.11. The van der Waals surface area contributed by atoms with E-state index < -0.39 is 0 Å². The zero-order valence-electron chi connectivity index (χ0n) is 13.1. The highest BCUT2D eigenvalue weighted by molar-refractivity contribution is 5.02. The first kappa shape index (κ1) is 15.5. The highest BCUT2D eigenvalue weighted by Crippen LogP contribution is 2.18. The molecule has 1 fully saturated rings. The summed E-state index contributed by atoms with van der Waals surface area (Å²) in [4.78, 5) is 0. The van der Waals surface area contributed by atoms with Crippen LogP contribution in [0.5, 0.6) is 0 Å². The maximum Gasteiger partial charge on any atom is 0.0640 e. The largest absolute Gasteiger partial charge is 0.378 e. The third-order valence-electron chi connectivity index (χ3n) is 3.90. The minimum absolute atomic E-state index is 0.434. The fourth-order valence-corrected chi connectivity index (χ4v) is 2.76. The van der Waals surface area contributed by atoms with Crippen LogP contribution in [0.2, 0.25) is 0 Å². The van der Waals surface area contributed by atoms with Crippen molar-refractivity contribution < 1.29 is 4.74 Å². The Hall–Kier alpha value is -0.870. The van der Waals surface area contributed by atoms with E-state index in [2.05, 4.69) is 43.4 Å². The zero-order chi connectivity index (χ0) is 14.4. The van der Waals surface area contributed by atoms with Gasteiger partial charge in [0.1, 0.15) is 0 Å². The van der Waals surface area contributed by atoms with Crippen LogP contribution in [-0.2, 0) is 11.2 Å². The maximum atomic E-state index is 5.78. The van der Waals surface area contributed by atoms with E-state index in [9.17, 15) is 0 Å². The number of rotatable bonds is 8. The summed E-state index contributed by atoms with van der Waals surface area (Å²) in [5.74, 6) is 0. The Bertz CT molecular complexity index is 383. The molecule has 2 heterocycles. The molecule has 1 aliphatic heterocycles. The van der Waals surface area contributed by atoms with Crippen LogP contribution in [0.25, 0.3) is 0 Å². The second kappa shape index (κ2) is 7.79. The fourth-order valence-electron chi connectivity index (χ4n) is 2.76. The van der Waals surface area contributed by atoms with E-state index in [1.807, 2.05) is 4.68 Å². The third-order valence-corrected chi connectivity index (χ3v) is 3.90. The summed E-state index contributed by atoms with van der Waals surface area (Å²) >= 11 is 0. The van der Waals surface area contributed by atoms with Gasteiger partial charge >= 0.3 is 0 Å². The standard InChI is InChI=1S/C16H29N3O/c1-4-8-17-15(12-16-6-5-10-20-16)11-14-7-9-19(18-14)13(2)3/h7,9,13,15-17H,4-6,8,10-12H2,1-3H3. The molecule has 0 aromatic carbocycles. The van der Waals surface area contributed by atoms with E-state index in [1.165, 1.54) is 25.0 Å². The molecular formula is C16H29N3O. The smallest absolute Gasteiger partial charge is 0.0640 e. The number of aromatic nitrogens is 2. The number of hydrogen-bond donors (Lipinski definition) is 1. The molecule has 2 unspecified atom stereocenters. The number of nitrogens with one attached hydrogen (secondary N) is 1. The monoisotopic (exact) mass is 279 g/mol. The summed E-state index contributed by atoms with van der Waals surface area (Å²) in [7, 11) is 0. The van der Waals surface area contributed by atoms with Gasteiger partial charge in [-0.1, -0.05) is 6.92 Å². The van der Waals surface area contributed by atoms with Crippen LogP contribution in [0.1, 0.15) is 58.2 Å². The predicted octanol–water partition coefficient (Wildman–Crippen LogP) is 2.94. The van der Waals surface area contributed by atoms with Crippen molar-refractivity contribution in [1.82, 2.24) is 15.1 Å². The molecular weight excluding hydrogens is 250 g/mol. The summed E-state index contributed by atoms with van der Waals surface area (Å²) in [6.45, 7) is 8.55.